The summed E-state index contributed by atoms with van der Waals surface area (Å²) >= 11 is 0. The van der Waals surface area contributed by atoms with E-state index >= 15 is 0 Å². The summed E-state index contributed by atoms with van der Waals surface area (Å²) in [5.74, 6) is -1.42. The maximum atomic E-state index is 11.6. The molecule has 0 saturated carbocycles. The first-order chi connectivity index (χ1) is 14.1. The number of aromatic nitrogens is 3. The average Bonchev–Trinajstić information content (AvgIpc) is 3.15. The van der Waals surface area contributed by atoms with Gasteiger partial charge in [-0.3, -0.25) is 0 Å². The number of aryl methyl sites for hydroxylation is 1. The molecule has 0 spiro atoms. The summed E-state index contributed by atoms with van der Waals surface area (Å²) in [5, 5.41) is 19.4. The molecule has 142 valence electrons. The molecule has 1 aliphatic carbocycles. The van der Waals surface area contributed by atoms with Crippen molar-refractivity contribution in [1.29, 1.82) is 0 Å². The Bertz CT molecular complexity index is 1250. The molecule has 2 aromatic carbocycles. The zero-order valence-corrected chi connectivity index (χ0v) is 15.4. The number of aromatic carboxylic acids is 1. The highest BCUT2D eigenvalue weighted by Crippen LogP contribution is 2.40. The molecule has 4 aromatic rings. The van der Waals surface area contributed by atoms with E-state index in [9.17, 15) is 15.0 Å². The second-order valence-corrected chi connectivity index (χ2v) is 6.98. The molecule has 0 aliphatic heterocycles. The fourth-order valence-electron chi connectivity index (χ4n) is 4.04. The molecule has 0 unspecified atom stereocenters. The van der Waals surface area contributed by atoms with Crippen molar-refractivity contribution < 1.29 is 15.0 Å². The van der Waals surface area contributed by atoms with Gasteiger partial charge < -0.3 is 14.8 Å². The number of hydrogen-bond donors (Lipinski definition) is 2. The summed E-state index contributed by atoms with van der Waals surface area (Å²) in [6, 6.07) is 16.9. The Hall–Kier alpha value is -3.93. The van der Waals surface area contributed by atoms with Gasteiger partial charge in [-0.15, -0.1) is 0 Å². The number of carbonyl (C=O) groups is 1. The highest BCUT2D eigenvalue weighted by molar-refractivity contribution is 5.91. The fraction of sp³-hybridized carbons (Fsp3) is 0.0870. The number of carboxylic acid groups (broad SMARTS) is 1. The summed E-state index contributed by atoms with van der Waals surface area (Å²) in [6.45, 7) is 0. The lowest BCUT2D eigenvalue weighted by Crippen LogP contribution is -2.10. The number of benzene rings is 2. The van der Waals surface area contributed by atoms with Gasteiger partial charge in [-0.2, -0.15) is 0 Å². The topological polar surface area (TPSA) is 88.2 Å². The van der Waals surface area contributed by atoms with Gasteiger partial charge in [-0.25, -0.2) is 14.8 Å². The van der Waals surface area contributed by atoms with Gasteiger partial charge in [0.05, 0.1) is 11.4 Å². The first-order valence-corrected chi connectivity index (χ1v) is 9.29. The van der Waals surface area contributed by atoms with Gasteiger partial charge in [0.25, 0.3) is 0 Å². The molecule has 2 heterocycles. The Labute approximate surface area is 166 Å². The molecule has 0 atom stereocenters. The number of fused-ring (bicyclic) bond motifs is 3. The standard InChI is InChI=1S/C23H17N3O3/c27-22-8-6-15(11-18(22)23(28)29)26-20-7-5-14-3-1-2-4-16(14)17(20)12-21(26)19-9-10-24-13-25-19/h1-4,6,8-13,27H,5,7H2,(H,28,29). The SMILES string of the molecule is O=C(O)c1cc(-n2c(-c3ccncn3)cc3c2CCc2ccccc2-3)ccc1O. The van der Waals surface area contributed by atoms with E-state index in [0.717, 1.165) is 35.5 Å². The van der Waals surface area contributed by atoms with Crippen molar-refractivity contribution in [2.45, 2.75) is 12.8 Å². The average molecular weight is 383 g/mol. The summed E-state index contributed by atoms with van der Waals surface area (Å²) in [5.41, 5.74) is 6.84. The number of hydrogen-bond acceptors (Lipinski definition) is 4. The minimum absolute atomic E-state index is 0.130. The van der Waals surface area contributed by atoms with Crippen molar-refractivity contribution in [2.75, 3.05) is 0 Å². The summed E-state index contributed by atoms with van der Waals surface area (Å²) in [6.07, 6.45) is 4.91. The first-order valence-electron chi connectivity index (χ1n) is 9.29. The lowest BCUT2D eigenvalue weighted by molar-refractivity contribution is 0.0693. The lowest BCUT2D eigenvalue weighted by atomic mass is 9.90. The molecule has 6 heteroatoms. The Balaban J connectivity index is 1.81. The van der Waals surface area contributed by atoms with Crippen molar-refractivity contribution >= 4 is 5.97 Å². The molecule has 1 aliphatic rings. The third-order valence-corrected chi connectivity index (χ3v) is 5.35. The molecular weight excluding hydrogens is 366 g/mol. The van der Waals surface area contributed by atoms with Crippen LogP contribution in [0, 0.1) is 0 Å². The van der Waals surface area contributed by atoms with Crippen molar-refractivity contribution in [3.63, 3.8) is 0 Å². The number of aromatic hydroxyl groups is 1. The van der Waals surface area contributed by atoms with Gasteiger partial charge in [0.15, 0.2) is 0 Å². The predicted octanol–water partition coefficient (Wildman–Crippen LogP) is 4.10. The normalized spacial score (nSPS) is 12.3. The Morgan fingerprint density at radius 1 is 1.00 bits per heavy atom. The number of nitrogens with zero attached hydrogens (tertiary/aromatic N) is 3. The van der Waals surface area contributed by atoms with Crippen LogP contribution in [0.4, 0.5) is 0 Å². The van der Waals surface area contributed by atoms with E-state index in [1.54, 1.807) is 12.3 Å². The largest absolute Gasteiger partial charge is 0.507 e. The van der Waals surface area contributed by atoms with Gasteiger partial charge in [-0.05, 0) is 54.3 Å². The van der Waals surface area contributed by atoms with E-state index < -0.39 is 5.97 Å². The van der Waals surface area contributed by atoms with Crippen LogP contribution < -0.4 is 0 Å². The van der Waals surface area contributed by atoms with Crippen LogP contribution in [0.2, 0.25) is 0 Å². The summed E-state index contributed by atoms with van der Waals surface area (Å²) < 4.78 is 2.04. The van der Waals surface area contributed by atoms with E-state index in [4.69, 9.17) is 0 Å². The molecule has 2 N–H and O–H groups in total. The predicted molar refractivity (Wildman–Crippen MR) is 108 cm³/mol. The van der Waals surface area contributed by atoms with Crippen molar-refractivity contribution in [1.82, 2.24) is 14.5 Å². The van der Waals surface area contributed by atoms with Crippen LogP contribution in [-0.4, -0.2) is 30.7 Å². The molecule has 0 saturated heterocycles. The Morgan fingerprint density at radius 2 is 1.86 bits per heavy atom. The van der Waals surface area contributed by atoms with E-state index in [2.05, 4.69) is 28.2 Å². The molecule has 29 heavy (non-hydrogen) atoms. The highest BCUT2D eigenvalue weighted by atomic mass is 16.4. The van der Waals surface area contributed by atoms with E-state index in [-0.39, 0.29) is 11.3 Å². The molecule has 6 nitrogen and oxygen atoms in total. The molecule has 5 rings (SSSR count). The molecular formula is C23H17N3O3. The first kappa shape index (κ1) is 17.2. The van der Waals surface area contributed by atoms with E-state index in [1.165, 1.54) is 29.6 Å². The maximum absolute atomic E-state index is 11.6. The summed E-state index contributed by atoms with van der Waals surface area (Å²) in [4.78, 5) is 20.0. The third kappa shape index (κ3) is 2.77. The van der Waals surface area contributed by atoms with Crippen LogP contribution in [-0.2, 0) is 12.8 Å². The number of rotatable bonds is 3. The van der Waals surface area contributed by atoms with E-state index in [0.29, 0.717) is 5.69 Å². The second-order valence-electron chi connectivity index (χ2n) is 6.98. The minimum atomic E-state index is -1.17. The van der Waals surface area contributed by atoms with Gasteiger partial charge in [0, 0.05) is 23.1 Å². The fourth-order valence-corrected chi connectivity index (χ4v) is 4.04. The number of carboxylic acids is 1. The van der Waals surface area contributed by atoms with Crippen LogP contribution in [0.15, 0.2) is 67.1 Å². The molecule has 0 radical (unpaired) electrons. The number of phenols is 1. The highest BCUT2D eigenvalue weighted by Gasteiger charge is 2.25. The van der Waals surface area contributed by atoms with Gasteiger partial charge >= 0.3 is 5.97 Å². The van der Waals surface area contributed by atoms with Crippen LogP contribution in [0.1, 0.15) is 21.6 Å². The summed E-state index contributed by atoms with van der Waals surface area (Å²) in [7, 11) is 0. The van der Waals surface area contributed by atoms with Crippen molar-refractivity contribution in [2.24, 2.45) is 0 Å². The van der Waals surface area contributed by atoms with Gasteiger partial charge in [-0.1, -0.05) is 24.3 Å². The zero-order chi connectivity index (χ0) is 20.0. The second kappa shape index (κ2) is 6.60. The molecule has 0 fully saturated rings. The smallest absolute Gasteiger partial charge is 0.339 e. The maximum Gasteiger partial charge on any atom is 0.339 e. The van der Waals surface area contributed by atoms with Crippen LogP contribution in [0.5, 0.6) is 5.75 Å². The van der Waals surface area contributed by atoms with Crippen molar-refractivity contribution in [3.05, 3.63) is 83.9 Å². The van der Waals surface area contributed by atoms with Crippen LogP contribution in [0.3, 0.4) is 0 Å². The van der Waals surface area contributed by atoms with E-state index in [1.807, 2.05) is 22.8 Å². The molecule has 2 aromatic heterocycles. The zero-order valence-electron chi connectivity index (χ0n) is 15.4. The molecule has 0 bridgehead atoms. The molecule has 0 amide bonds. The Morgan fingerprint density at radius 3 is 2.66 bits per heavy atom. The van der Waals surface area contributed by atoms with Crippen LogP contribution >= 0.6 is 0 Å². The minimum Gasteiger partial charge on any atom is -0.507 e. The van der Waals surface area contributed by atoms with Crippen molar-refractivity contribution in [3.8, 4) is 34.0 Å². The van der Waals surface area contributed by atoms with Crippen LogP contribution in [0.25, 0.3) is 28.2 Å². The third-order valence-electron chi connectivity index (χ3n) is 5.35. The Kier molecular flexibility index (Phi) is 3.91. The van der Waals surface area contributed by atoms with Gasteiger partial charge in [0.2, 0.25) is 0 Å². The van der Waals surface area contributed by atoms with Gasteiger partial charge in [0.1, 0.15) is 17.6 Å². The quantitative estimate of drug-likeness (QED) is 0.556. The lowest BCUT2D eigenvalue weighted by Gasteiger charge is -2.20. The monoisotopic (exact) mass is 383 g/mol.